The molecule has 0 spiro atoms. The number of rotatable bonds is 1. The number of amides is 1. The van der Waals surface area contributed by atoms with Gasteiger partial charge in [-0.1, -0.05) is 21.6 Å². The van der Waals surface area contributed by atoms with Gasteiger partial charge in [-0.25, -0.2) is 0 Å². The van der Waals surface area contributed by atoms with Gasteiger partial charge < -0.3 is 5.73 Å². The SMILES string of the molecule is NC(=O)C1CCCSS1. The monoisotopic (exact) mass is 163 g/mol. The maximum absolute atomic E-state index is 10.5. The third-order valence-electron chi connectivity index (χ3n) is 1.20. The quantitative estimate of drug-likeness (QED) is 0.587. The van der Waals surface area contributed by atoms with Gasteiger partial charge in [0.25, 0.3) is 0 Å². The summed E-state index contributed by atoms with van der Waals surface area (Å²) in [5, 5.41) is 0.0729. The molecule has 1 fully saturated rings. The summed E-state index contributed by atoms with van der Waals surface area (Å²) in [5.41, 5.74) is 5.09. The van der Waals surface area contributed by atoms with Gasteiger partial charge in [-0.05, 0) is 12.8 Å². The van der Waals surface area contributed by atoms with E-state index >= 15 is 0 Å². The lowest BCUT2D eigenvalue weighted by Crippen LogP contribution is -2.26. The van der Waals surface area contributed by atoms with Gasteiger partial charge in [0, 0.05) is 5.75 Å². The minimum absolute atomic E-state index is 0.0729. The lowest BCUT2D eigenvalue weighted by molar-refractivity contribution is -0.117. The molecule has 0 aromatic rings. The molecular weight excluding hydrogens is 154 g/mol. The molecule has 2 N–H and O–H groups in total. The Hall–Kier alpha value is 0.170. The van der Waals surface area contributed by atoms with E-state index in [9.17, 15) is 4.79 Å². The van der Waals surface area contributed by atoms with Gasteiger partial charge in [-0.15, -0.1) is 0 Å². The second-order valence-corrected chi connectivity index (χ2v) is 4.64. The predicted molar refractivity (Wildman–Crippen MR) is 42.3 cm³/mol. The molecule has 1 aliphatic rings. The molecule has 1 unspecified atom stereocenters. The van der Waals surface area contributed by atoms with E-state index in [0.29, 0.717) is 0 Å². The summed E-state index contributed by atoms with van der Waals surface area (Å²) in [5.74, 6) is 1.00. The Morgan fingerprint density at radius 2 is 2.44 bits per heavy atom. The molecule has 1 saturated heterocycles. The highest BCUT2D eigenvalue weighted by Gasteiger charge is 2.19. The Morgan fingerprint density at radius 3 is 2.78 bits per heavy atom. The topological polar surface area (TPSA) is 43.1 Å². The van der Waals surface area contributed by atoms with Crippen molar-refractivity contribution in [3.63, 3.8) is 0 Å². The maximum Gasteiger partial charge on any atom is 0.231 e. The summed E-state index contributed by atoms with van der Waals surface area (Å²) >= 11 is 0. The van der Waals surface area contributed by atoms with Gasteiger partial charge in [0.05, 0.1) is 5.25 Å². The first-order valence-corrected chi connectivity index (χ1v) is 5.26. The summed E-state index contributed by atoms with van der Waals surface area (Å²) in [6, 6.07) is 0. The summed E-state index contributed by atoms with van der Waals surface area (Å²) in [6.45, 7) is 0. The van der Waals surface area contributed by atoms with E-state index in [-0.39, 0.29) is 11.2 Å². The zero-order valence-corrected chi connectivity index (χ0v) is 6.63. The fraction of sp³-hybridized carbons (Fsp3) is 0.800. The number of carbonyl (C=O) groups excluding carboxylic acids is 1. The third-order valence-corrected chi connectivity index (χ3v) is 4.09. The van der Waals surface area contributed by atoms with Gasteiger partial charge in [-0.3, -0.25) is 4.79 Å². The second kappa shape index (κ2) is 3.37. The maximum atomic E-state index is 10.5. The molecule has 1 heterocycles. The summed E-state index contributed by atoms with van der Waals surface area (Å²) < 4.78 is 0. The van der Waals surface area contributed by atoms with Crippen LogP contribution in [0.2, 0.25) is 0 Å². The molecule has 0 saturated carbocycles. The van der Waals surface area contributed by atoms with Crippen LogP contribution >= 0.6 is 21.6 Å². The van der Waals surface area contributed by atoms with Crippen LogP contribution in [-0.4, -0.2) is 16.9 Å². The van der Waals surface area contributed by atoms with Crippen LogP contribution in [0.1, 0.15) is 12.8 Å². The largest absolute Gasteiger partial charge is 0.369 e. The van der Waals surface area contributed by atoms with E-state index in [0.717, 1.165) is 18.6 Å². The van der Waals surface area contributed by atoms with Gasteiger partial charge in [0.1, 0.15) is 0 Å². The van der Waals surface area contributed by atoms with E-state index in [4.69, 9.17) is 5.73 Å². The van der Waals surface area contributed by atoms with Gasteiger partial charge in [0.15, 0.2) is 0 Å². The smallest absolute Gasteiger partial charge is 0.231 e. The minimum atomic E-state index is -0.160. The van der Waals surface area contributed by atoms with Crippen molar-refractivity contribution in [1.29, 1.82) is 0 Å². The van der Waals surface area contributed by atoms with Gasteiger partial charge in [-0.2, -0.15) is 0 Å². The van der Waals surface area contributed by atoms with Crippen LogP contribution in [0, 0.1) is 0 Å². The summed E-state index contributed by atoms with van der Waals surface area (Å²) in [6.07, 6.45) is 2.10. The zero-order chi connectivity index (χ0) is 6.69. The van der Waals surface area contributed by atoms with Crippen molar-refractivity contribution in [2.24, 2.45) is 5.73 Å². The molecule has 2 nitrogen and oxygen atoms in total. The summed E-state index contributed by atoms with van der Waals surface area (Å²) in [4.78, 5) is 10.5. The molecule has 52 valence electrons. The molecule has 0 aromatic heterocycles. The molecule has 0 aromatic carbocycles. The molecule has 1 aliphatic heterocycles. The molecule has 4 heteroatoms. The van der Waals surface area contributed by atoms with Crippen LogP contribution < -0.4 is 5.73 Å². The fourth-order valence-electron chi connectivity index (χ4n) is 0.696. The molecule has 0 bridgehead atoms. The van der Waals surface area contributed by atoms with E-state index < -0.39 is 0 Å². The van der Waals surface area contributed by atoms with Crippen LogP contribution in [0.25, 0.3) is 0 Å². The molecule has 1 amide bonds. The number of hydrogen-bond acceptors (Lipinski definition) is 3. The molecule has 0 aliphatic carbocycles. The van der Waals surface area contributed by atoms with Crippen molar-refractivity contribution in [1.82, 2.24) is 0 Å². The molecule has 9 heavy (non-hydrogen) atoms. The molecular formula is C5H9NOS2. The highest BCUT2D eigenvalue weighted by atomic mass is 33.1. The van der Waals surface area contributed by atoms with E-state index in [2.05, 4.69) is 0 Å². The van der Waals surface area contributed by atoms with Crippen molar-refractivity contribution in [2.45, 2.75) is 18.1 Å². The minimum Gasteiger partial charge on any atom is -0.369 e. The fourth-order valence-corrected chi connectivity index (χ4v) is 3.31. The van der Waals surface area contributed by atoms with E-state index in [1.807, 2.05) is 0 Å². The first-order valence-electron chi connectivity index (χ1n) is 2.88. The third kappa shape index (κ3) is 2.10. The van der Waals surface area contributed by atoms with E-state index in [1.165, 1.54) is 0 Å². The normalized spacial score (nSPS) is 27.8. The Morgan fingerprint density at radius 1 is 1.67 bits per heavy atom. The summed E-state index contributed by atoms with van der Waals surface area (Å²) in [7, 11) is 3.36. The van der Waals surface area contributed by atoms with Crippen LogP contribution in [0.3, 0.4) is 0 Å². The Kier molecular flexibility index (Phi) is 2.72. The Bertz CT molecular complexity index is 112. The predicted octanol–water partition coefficient (Wildman–Crippen LogP) is 1.02. The first-order chi connectivity index (χ1) is 4.30. The second-order valence-electron chi connectivity index (χ2n) is 1.95. The first kappa shape index (κ1) is 7.28. The Balaban J connectivity index is 2.31. The highest BCUT2D eigenvalue weighted by molar-refractivity contribution is 8.77. The van der Waals surface area contributed by atoms with Crippen LogP contribution in [0.15, 0.2) is 0 Å². The van der Waals surface area contributed by atoms with Crippen molar-refractivity contribution in [2.75, 3.05) is 5.75 Å². The standard InChI is InChI=1S/C5H9NOS2/c6-5(7)4-2-1-3-8-9-4/h4H,1-3H2,(H2,6,7). The van der Waals surface area contributed by atoms with Crippen LogP contribution in [-0.2, 0) is 4.79 Å². The highest BCUT2D eigenvalue weighted by Crippen LogP contribution is 2.35. The zero-order valence-electron chi connectivity index (χ0n) is 5.00. The van der Waals surface area contributed by atoms with Crippen molar-refractivity contribution < 1.29 is 4.79 Å². The number of primary amides is 1. The molecule has 0 radical (unpaired) electrons. The lowest BCUT2D eigenvalue weighted by atomic mass is 10.2. The number of carbonyl (C=O) groups is 1. The Labute approximate surface area is 62.3 Å². The average Bonchev–Trinajstić information content (AvgIpc) is 1.90. The van der Waals surface area contributed by atoms with E-state index in [1.54, 1.807) is 21.6 Å². The molecule has 1 rings (SSSR count). The number of hydrogen-bond donors (Lipinski definition) is 1. The van der Waals surface area contributed by atoms with Crippen molar-refractivity contribution in [3.05, 3.63) is 0 Å². The number of nitrogens with two attached hydrogens (primary N) is 1. The lowest BCUT2D eigenvalue weighted by Gasteiger charge is -2.16. The van der Waals surface area contributed by atoms with Crippen LogP contribution in [0.5, 0.6) is 0 Å². The average molecular weight is 163 g/mol. The molecule has 1 atom stereocenters. The van der Waals surface area contributed by atoms with Crippen LogP contribution in [0.4, 0.5) is 0 Å². The van der Waals surface area contributed by atoms with Gasteiger partial charge >= 0.3 is 0 Å². The van der Waals surface area contributed by atoms with Crippen molar-refractivity contribution >= 4 is 27.5 Å². The van der Waals surface area contributed by atoms with Gasteiger partial charge in [0.2, 0.25) is 5.91 Å². The van der Waals surface area contributed by atoms with Crippen molar-refractivity contribution in [3.8, 4) is 0 Å².